The number of nitro groups is 1. The Bertz CT molecular complexity index is 564. The fraction of sp³-hybridized carbons (Fsp3) is 0.571. The molecular weight excluding hydrogens is 279 g/mol. The molecule has 1 aromatic rings. The highest BCUT2D eigenvalue weighted by Crippen LogP contribution is 2.44. The van der Waals surface area contributed by atoms with E-state index in [1.807, 2.05) is 4.90 Å². The molecule has 2 aliphatic rings. The third-order valence-electron chi connectivity index (χ3n) is 4.39. The van der Waals surface area contributed by atoms with Crippen molar-refractivity contribution in [2.24, 2.45) is 5.41 Å². The fourth-order valence-electron chi connectivity index (χ4n) is 3.14. The van der Waals surface area contributed by atoms with Gasteiger partial charge in [-0.15, -0.1) is 0 Å². The van der Waals surface area contributed by atoms with Crippen LogP contribution in [-0.2, 0) is 4.74 Å². The molecule has 2 heterocycles. The highest BCUT2D eigenvalue weighted by molar-refractivity contribution is 5.61. The molecule has 1 spiro atoms. The molecule has 2 fully saturated rings. The van der Waals surface area contributed by atoms with Crippen molar-refractivity contribution < 1.29 is 18.8 Å². The van der Waals surface area contributed by atoms with Gasteiger partial charge in [-0.1, -0.05) is 0 Å². The Balaban J connectivity index is 1.82. The minimum atomic E-state index is -0.637. The first-order chi connectivity index (χ1) is 10.0. The zero-order valence-electron chi connectivity index (χ0n) is 11.8. The second-order valence-electron chi connectivity index (χ2n) is 5.70. The van der Waals surface area contributed by atoms with Gasteiger partial charge in [0.25, 0.3) is 0 Å². The lowest BCUT2D eigenvalue weighted by Gasteiger charge is -2.53. The quantitative estimate of drug-likeness (QED) is 0.633. The first-order valence-corrected chi connectivity index (χ1v) is 6.89. The molecule has 0 atom stereocenters. The summed E-state index contributed by atoms with van der Waals surface area (Å²) in [5, 5.41) is 10.9. The van der Waals surface area contributed by atoms with E-state index in [9.17, 15) is 14.5 Å². The molecule has 21 heavy (non-hydrogen) atoms. The number of benzene rings is 1. The van der Waals surface area contributed by atoms with E-state index >= 15 is 0 Å². The van der Waals surface area contributed by atoms with Crippen LogP contribution in [0.25, 0.3) is 0 Å². The van der Waals surface area contributed by atoms with Crippen molar-refractivity contribution in [1.29, 1.82) is 0 Å². The molecule has 0 aliphatic carbocycles. The lowest BCUT2D eigenvalue weighted by Crippen LogP contribution is -2.58. The van der Waals surface area contributed by atoms with E-state index < -0.39 is 10.7 Å². The highest BCUT2D eigenvalue weighted by atomic mass is 19.1. The summed E-state index contributed by atoms with van der Waals surface area (Å²) in [4.78, 5) is 12.1. The standard InChI is InChI=1S/C14H17FN2O4/c1-20-13-7-11(10(15)6-12(13)17(18)19)16-8-14(9-16)2-4-21-5-3-14/h6-7H,2-5,8-9H2,1H3. The Hall–Kier alpha value is -1.89. The Labute approximate surface area is 121 Å². The summed E-state index contributed by atoms with van der Waals surface area (Å²) in [6.07, 6.45) is 1.96. The predicted molar refractivity (Wildman–Crippen MR) is 74.3 cm³/mol. The summed E-state index contributed by atoms with van der Waals surface area (Å²) in [5.41, 5.74) is 0.231. The number of nitro benzene ring substituents is 1. The van der Waals surface area contributed by atoms with E-state index in [1.54, 1.807) is 0 Å². The average Bonchev–Trinajstić information content (AvgIpc) is 2.45. The van der Waals surface area contributed by atoms with Crippen LogP contribution < -0.4 is 9.64 Å². The van der Waals surface area contributed by atoms with Gasteiger partial charge in [0, 0.05) is 37.8 Å². The topological polar surface area (TPSA) is 64.8 Å². The van der Waals surface area contributed by atoms with Crippen LogP contribution in [-0.4, -0.2) is 38.3 Å². The second kappa shape index (κ2) is 5.14. The number of anilines is 1. The second-order valence-corrected chi connectivity index (χ2v) is 5.70. The third kappa shape index (κ3) is 2.42. The number of ether oxygens (including phenoxy) is 2. The van der Waals surface area contributed by atoms with E-state index in [0.717, 1.165) is 45.2 Å². The van der Waals surface area contributed by atoms with Gasteiger partial charge >= 0.3 is 5.69 Å². The van der Waals surface area contributed by atoms with Gasteiger partial charge < -0.3 is 14.4 Å². The Morgan fingerprint density at radius 1 is 1.38 bits per heavy atom. The van der Waals surface area contributed by atoms with Crippen LogP contribution in [0.3, 0.4) is 0 Å². The molecule has 0 bridgehead atoms. The zero-order chi connectivity index (χ0) is 15.0. The number of halogens is 1. The molecule has 0 unspecified atom stereocenters. The predicted octanol–water partition coefficient (Wildman–Crippen LogP) is 2.36. The van der Waals surface area contributed by atoms with Crippen LogP contribution in [0.4, 0.5) is 15.8 Å². The molecular formula is C14H17FN2O4. The molecule has 3 rings (SSSR count). The van der Waals surface area contributed by atoms with Crippen LogP contribution in [0.15, 0.2) is 12.1 Å². The van der Waals surface area contributed by atoms with Crippen molar-refractivity contribution in [2.45, 2.75) is 12.8 Å². The van der Waals surface area contributed by atoms with E-state index in [2.05, 4.69) is 0 Å². The smallest absolute Gasteiger partial charge is 0.313 e. The van der Waals surface area contributed by atoms with E-state index in [4.69, 9.17) is 9.47 Å². The number of nitrogens with zero attached hydrogens (tertiary/aromatic N) is 2. The van der Waals surface area contributed by atoms with Gasteiger partial charge in [-0.3, -0.25) is 10.1 Å². The molecule has 0 radical (unpaired) electrons. The van der Waals surface area contributed by atoms with Crippen molar-refractivity contribution in [3.05, 3.63) is 28.1 Å². The summed E-state index contributed by atoms with van der Waals surface area (Å²) >= 11 is 0. The molecule has 0 amide bonds. The summed E-state index contributed by atoms with van der Waals surface area (Å²) in [6, 6.07) is 2.35. The summed E-state index contributed by atoms with van der Waals surface area (Å²) in [5.74, 6) is -0.492. The molecule has 0 aromatic heterocycles. The summed E-state index contributed by atoms with van der Waals surface area (Å²) in [7, 11) is 1.35. The maximum absolute atomic E-state index is 14.1. The Kier molecular flexibility index (Phi) is 3.44. The van der Waals surface area contributed by atoms with Crippen LogP contribution in [0.1, 0.15) is 12.8 Å². The van der Waals surface area contributed by atoms with Crippen molar-refractivity contribution in [3.63, 3.8) is 0 Å². The van der Waals surface area contributed by atoms with Gasteiger partial charge in [-0.2, -0.15) is 0 Å². The maximum atomic E-state index is 14.1. The molecule has 0 N–H and O–H groups in total. The van der Waals surface area contributed by atoms with Gasteiger partial charge in [-0.25, -0.2) is 4.39 Å². The molecule has 0 saturated carbocycles. The molecule has 2 aliphatic heterocycles. The van der Waals surface area contributed by atoms with Crippen LogP contribution in [0.5, 0.6) is 5.75 Å². The highest BCUT2D eigenvalue weighted by Gasteiger charge is 2.44. The van der Waals surface area contributed by atoms with Crippen LogP contribution >= 0.6 is 0 Å². The van der Waals surface area contributed by atoms with Crippen molar-refractivity contribution in [1.82, 2.24) is 0 Å². The zero-order valence-corrected chi connectivity index (χ0v) is 11.8. The minimum absolute atomic E-state index is 0.0873. The van der Waals surface area contributed by atoms with Crippen molar-refractivity contribution in [3.8, 4) is 5.75 Å². The van der Waals surface area contributed by atoms with E-state index in [1.165, 1.54) is 13.2 Å². The minimum Gasteiger partial charge on any atom is -0.490 e. The molecule has 7 heteroatoms. The van der Waals surface area contributed by atoms with Gasteiger partial charge in [0.15, 0.2) is 11.6 Å². The third-order valence-corrected chi connectivity index (χ3v) is 4.39. The average molecular weight is 296 g/mol. The molecule has 114 valence electrons. The lowest BCUT2D eigenvalue weighted by molar-refractivity contribution is -0.385. The van der Waals surface area contributed by atoms with E-state index in [-0.39, 0.29) is 16.9 Å². The van der Waals surface area contributed by atoms with E-state index in [0.29, 0.717) is 5.69 Å². The number of rotatable bonds is 3. The van der Waals surface area contributed by atoms with Gasteiger partial charge in [0.1, 0.15) is 0 Å². The number of methoxy groups -OCH3 is 1. The molecule has 1 aromatic carbocycles. The molecule has 2 saturated heterocycles. The Morgan fingerprint density at radius 3 is 2.62 bits per heavy atom. The first kappa shape index (κ1) is 14.1. The fourth-order valence-corrected chi connectivity index (χ4v) is 3.14. The van der Waals surface area contributed by atoms with Crippen LogP contribution in [0.2, 0.25) is 0 Å². The van der Waals surface area contributed by atoms with Crippen LogP contribution in [0, 0.1) is 21.3 Å². The maximum Gasteiger partial charge on any atom is 0.313 e. The SMILES string of the molecule is COc1cc(N2CC3(CCOCC3)C2)c(F)cc1[N+](=O)[O-]. The summed E-state index contributed by atoms with van der Waals surface area (Å²) < 4.78 is 24.5. The van der Waals surface area contributed by atoms with Gasteiger partial charge in [0.05, 0.1) is 23.8 Å². The van der Waals surface area contributed by atoms with Gasteiger partial charge in [-0.05, 0) is 12.8 Å². The van der Waals surface area contributed by atoms with Crippen molar-refractivity contribution in [2.75, 3.05) is 38.3 Å². The largest absolute Gasteiger partial charge is 0.490 e. The summed E-state index contributed by atoms with van der Waals surface area (Å²) in [6.45, 7) is 3.02. The number of hydrogen-bond acceptors (Lipinski definition) is 5. The normalized spacial score (nSPS) is 20.2. The molecule has 6 nitrogen and oxygen atoms in total. The lowest BCUT2D eigenvalue weighted by atomic mass is 9.73. The van der Waals surface area contributed by atoms with Gasteiger partial charge in [0.2, 0.25) is 0 Å². The Morgan fingerprint density at radius 2 is 2.05 bits per heavy atom. The monoisotopic (exact) mass is 296 g/mol. The first-order valence-electron chi connectivity index (χ1n) is 6.89. The van der Waals surface area contributed by atoms with Crippen molar-refractivity contribution >= 4 is 11.4 Å². The number of hydrogen-bond donors (Lipinski definition) is 0.